The third-order valence-corrected chi connectivity index (χ3v) is 5.06. The van der Waals surface area contributed by atoms with Gasteiger partial charge in [0.1, 0.15) is 12.7 Å². The van der Waals surface area contributed by atoms with Gasteiger partial charge in [0, 0.05) is 6.54 Å². The van der Waals surface area contributed by atoms with Crippen LogP contribution in [-0.2, 0) is 25.1 Å². The molecule has 1 amide bonds. The second kappa shape index (κ2) is 12.1. The normalized spacial score (nSPS) is 13.8. The number of carbonyl (C=O) groups excluding carboxylic acids is 1. The molecule has 0 radical (unpaired) electrons. The van der Waals surface area contributed by atoms with Crippen molar-refractivity contribution in [2.24, 2.45) is 0 Å². The van der Waals surface area contributed by atoms with Gasteiger partial charge in [-0.1, -0.05) is 26.2 Å². The number of nitrogens with one attached hydrogen (secondary N) is 1. The number of ether oxygens (including phenoxy) is 2. The summed E-state index contributed by atoms with van der Waals surface area (Å²) in [6.45, 7) is 0.515. The minimum Gasteiger partial charge on any atom is -0.449 e. The molecular weight excluding hydrogens is 458 g/mol. The summed E-state index contributed by atoms with van der Waals surface area (Å²) in [4.78, 5) is 33.5. The van der Waals surface area contributed by atoms with Crippen LogP contribution >= 0.6 is 7.60 Å². The molecule has 0 aliphatic carbocycles. The number of nitrogens with zero attached hydrogens (tertiary/aromatic N) is 4. The van der Waals surface area contributed by atoms with E-state index in [9.17, 15) is 27.4 Å². The lowest BCUT2D eigenvalue weighted by Crippen LogP contribution is -2.17. The van der Waals surface area contributed by atoms with Gasteiger partial charge in [-0.2, -0.15) is 13.2 Å². The van der Waals surface area contributed by atoms with Crippen LogP contribution in [-0.4, -0.2) is 62.9 Å². The molecule has 32 heavy (non-hydrogen) atoms. The zero-order chi connectivity index (χ0) is 23.6. The Labute approximate surface area is 181 Å². The van der Waals surface area contributed by atoms with Crippen molar-refractivity contribution in [2.45, 2.75) is 45.3 Å². The van der Waals surface area contributed by atoms with Gasteiger partial charge in [-0.15, -0.1) is 0 Å². The first kappa shape index (κ1) is 26.0. The predicted octanol–water partition coefficient (Wildman–Crippen LogP) is 3.69. The minimum atomic E-state index is -4.72. The van der Waals surface area contributed by atoms with E-state index in [1.54, 1.807) is 0 Å². The summed E-state index contributed by atoms with van der Waals surface area (Å²) in [5.41, 5.74) is 0.638. The van der Waals surface area contributed by atoms with Crippen LogP contribution in [0.2, 0.25) is 0 Å². The number of imidazole rings is 1. The van der Waals surface area contributed by atoms with Crippen molar-refractivity contribution in [2.75, 3.05) is 31.5 Å². The number of halogens is 3. The van der Waals surface area contributed by atoms with Crippen LogP contribution in [0.4, 0.5) is 23.8 Å². The van der Waals surface area contributed by atoms with Crippen molar-refractivity contribution in [1.29, 1.82) is 0 Å². The lowest BCUT2D eigenvalue weighted by Gasteiger charge is -2.14. The lowest BCUT2D eigenvalue weighted by molar-refractivity contribution is -0.155. The molecule has 0 aliphatic rings. The summed E-state index contributed by atoms with van der Waals surface area (Å²) in [5.74, 6) is 0.147. The fraction of sp³-hybridized carbons (Fsp3) is 0.647. The molecule has 2 aromatic rings. The van der Waals surface area contributed by atoms with Gasteiger partial charge >= 0.3 is 19.9 Å². The summed E-state index contributed by atoms with van der Waals surface area (Å²) in [6.07, 6.45) is 0.178. The zero-order valence-corrected chi connectivity index (χ0v) is 18.3. The Bertz CT molecular complexity index is 926. The standard InChI is InChI=1S/C17H25F3N5O6P/c1-2-3-4-5-7-30-16(26)24-14-13-15(22-10-21-14)25(11-23-13)6-8-29-12-32(27,28)31-9-17(18,19)20/h10-11H,2-9,12H2,1H3,(H,27,28)(H,21,22,24,26). The van der Waals surface area contributed by atoms with E-state index >= 15 is 0 Å². The van der Waals surface area contributed by atoms with Crippen molar-refractivity contribution in [3.8, 4) is 0 Å². The van der Waals surface area contributed by atoms with Crippen LogP contribution in [0.25, 0.3) is 11.2 Å². The number of hydrogen-bond acceptors (Lipinski definition) is 8. The molecule has 180 valence electrons. The summed E-state index contributed by atoms with van der Waals surface area (Å²) in [7, 11) is -4.54. The monoisotopic (exact) mass is 483 g/mol. The second-order valence-electron chi connectivity index (χ2n) is 6.72. The largest absolute Gasteiger partial charge is 0.449 e. The molecule has 0 fully saturated rings. The first-order chi connectivity index (χ1) is 15.1. The molecule has 0 aliphatic heterocycles. The van der Waals surface area contributed by atoms with Crippen molar-refractivity contribution in [3.05, 3.63) is 12.7 Å². The van der Waals surface area contributed by atoms with Crippen molar-refractivity contribution >= 4 is 30.7 Å². The van der Waals surface area contributed by atoms with Gasteiger partial charge in [0.15, 0.2) is 23.6 Å². The molecule has 0 aromatic carbocycles. The number of rotatable bonds is 13. The Hall–Kier alpha value is -2.28. The van der Waals surface area contributed by atoms with Gasteiger partial charge in [0.25, 0.3) is 0 Å². The smallest absolute Gasteiger partial charge is 0.412 e. The third-order valence-electron chi connectivity index (χ3n) is 4.01. The van der Waals surface area contributed by atoms with Gasteiger partial charge in [-0.05, 0) is 6.42 Å². The molecule has 2 aromatic heterocycles. The number of amides is 1. The molecular formula is C17H25F3N5O6P. The van der Waals surface area contributed by atoms with Crippen molar-refractivity contribution < 1.29 is 41.4 Å². The number of aromatic nitrogens is 4. The fourth-order valence-corrected chi connectivity index (χ4v) is 3.30. The highest BCUT2D eigenvalue weighted by atomic mass is 31.2. The maximum Gasteiger partial charge on any atom is 0.412 e. The second-order valence-corrected chi connectivity index (χ2v) is 8.51. The van der Waals surface area contributed by atoms with Crippen LogP contribution in [0, 0.1) is 0 Å². The number of anilines is 1. The Morgan fingerprint density at radius 2 is 2.00 bits per heavy atom. The maximum atomic E-state index is 12.1. The topological polar surface area (TPSA) is 138 Å². The number of fused-ring (bicyclic) bond motifs is 1. The predicted molar refractivity (Wildman–Crippen MR) is 107 cm³/mol. The Morgan fingerprint density at radius 1 is 1.22 bits per heavy atom. The number of alkyl halides is 3. The zero-order valence-electron chi connectivity index (χ0n) is 17.4. The summed E-state index contributed by atoms with van der Waals surface area (Å²) < 4.78 is 63.3. The molecule has 2 heterocycles. The van der Waals surface area contributed by atoms with Crippen LogP contribution in [0.5, 0.6) is 0 Å². The van der Waals surface area contributed by atoms with Crippen molar-refractivity contribution in [1.82, 2.24) is 19.5 Å². The highest BCUT2D eigenvalue weighted by Gasteiger charge is 2.32. The molecule has 0 bridgehead atoms. The lowest BCUT2D eigenvalue weighted by atomic mass is 10.2. The van der Waals surface area contributed by atoms with E-state index in [2.05, 4.69) is 31.7 Å². The molecule has 11 nitrogen and oxygen atoms in total. The van der Waals surface area contributed by atoms with Gasteiger partial charge in [-0.3, -0.25) is 14.4 Å². The van der Waals surface area contributed by atoms with Crippen LogP contribution < -0.4 is 5.32 Å². The van der Waals surface area contributed by atoms with E-state index in [4.69, 9.17) is 9.47 Å². The summed E-state index contributed by atoms with van der Waals surface area (Å²) in [5, 5.41) is 2.50. The number of unbranched alkanes of at least 4 members (excludes halogenated alkanes) is 3. The Morgan fingerprint density at radius 3 is 2.72 bits per heavy atom. The molecule has 0 spiro atoms. The van der Waals surface area contributed by atoms with E-state index < -0.39 is 32.8 Å². The SMILES string of the molecule is CCCCCCOC(=O)Nc1ncnc2c1ncn2CCOCP(=O)(O)OCC(F)(F)F. The first-order valence-electron chi connectivity index (χ1n) is 9.82. The van der Waals surface area contributed by atoms with E-state index in [-0.39, 0.29) is 31.1 Å². The van der Waals surface area contributed by atoms with Gasteiger partial charge in [-0.25, -0.2) is 19.7 Å². The average Bonchev–Trinajstić information content (AvgIpc) is 3.13. The number of carbonyl (C=O) groups is 1. The van der Waals surface area contributed by atoms with Gasteiger partial charge < -0.3 is 18.9 Å². The van der Waals surface area contributed by atoms with Crippen molar-refractivity contribution in [3.63, 3.8) is 0 Å². The Balaban J connectivity index is 1.84. The maximum absolute atomic E-state index is 12.1. The van der Waals surface area contributed by atoms with E-state index in [1.807, 2.05) is 0 Å². The molecule has 15 heteroatoms. The third kappa shape index (κ3) is 9.07. The highest BCUT2D eigenvalue weighted by Crippen LogP contribution is 2.43. The minimum absolute atomic E-state index is 0.119. The van der Waals surface area contributed by atoms with Gasteiger partial charge in [0.2, 0.25) is 0 Å². The highest BCUT2D eigenvalue weighted by molar-refractivity contribution is 7.52. The van der Waals surface area contributed by atoms with E-state index in [1.165, 1.54) is 17.2 Å². The quantitative estimate of drug-likeness (QED) is 0.323. The molecule has 1 unspecified atom stereocenters. The van der Waals surface area contributed by atoms with Crippen LogP contribution in [0.3, 0.4) is 0 Å². The fourth-order valence-electron chi connectivity index (χ4n) is 2.52. The van der Waals surface area contributed by atoms with Crippen LogP contribution in [0.15, 0.2) is 12.7 Å². The van der Waals surface area contributed by atoms with E-state index in [0.717, 1.165) is 25.7 Å². The molecule has 0 saturated carbocycles. The number of hydrogen-bond donors (Lipinski definition) is 2. The Kier molecular flexibility index (Phi) is 9.82. The molecule has 1 atom stereocenters. The van der Waals surface area contributed by atoms with Gasteiger partial charge in [0.05, 0.1) is 19.5 Å². The average molecular weight is 483 g/mol. The first-order valence-corrected chi connectivity index (χ1v) is 11.6. The van der Waals surface area contributed by atoms with Crippen LogP contribution in [0.1, 0.15) is 32.6 Å². The molecule has 0 saturated heterocycles. The summed E-state index contributed by atoms with van der Waals surface area (Å²) >= 11 is 0. The summed E-state index contributed by atoms with van der Waals surface area (Å²) in [6, 6.07) is 0. The van der Waals surface area contributed by atoms with E-state index in [0.29, 0.717) is 5.65 Å². The molecule has 2 N–H and O–H groups in total. The molecule has 2 rings (SSSR count).